The summed E-state index contributed by atoms with van der Waals surface area (Å²) in [5.74, 6) is 1.01. The van der Waals surface area contributed by atoms with Crippen LogP contribution in [0.25, 0.3) is 5.57 Å². The van der Waals surface area contributed by atoms with Gasteiger partial charge in [-0.3, -0.25) is 0 Å². The van der Waals surface area contributed by atoms with Gasteiger partial charge < -0.3 is 0 Å². The third-order valence-electron chi connectivity index (χ3n) is 11.3. The third-order valence-corrected chi connectivity index (χ3v) is 11.3. The second-order valence-electron chi connectivity index (χ2n) is 14.7. The molecule has 0 amide bonds. The standard InChI is InChI=1S/C39H54/c1-22(2)25(7)16-17-31-18-32(23(3)4)33-20-37(13)21-38(14)19-26(8)34(24(5)6)29(11)39(38,15)30(12)36(37)28(10)35(33)27(31)9/h18,22-23H,5,7,10-11,16-17,19-21H2,1-4,6,8-9,12-15H3/t37-,38+,39-/m1/s1. The first kappa shape index (κ1) is 29.6. The maximum Gasteiger partial charge on any atom is 0.0194 e. The Labute approximate surface area is 240 Å². The average Bonchev–Trinajstić information content (AvgIpc) is 2.79. The molecule has 4 rings (SSSR count). The van der Waals surface area contributed by atoms with Gasteiger partial charge in [-0.1, -0.05) is 103 Å². The van der Waals surface area contributed by atoms with Crippen LogP contribution in [0.2, 0.25) is 0 Å². The molecule has 0 heterocycles. The van der Waals surface area contributed by atoms with E-state index in [2.05, 4.69) is 95.4 Å². The van der Waals surface area contributed by atoms with Crippen LogP contribution in [0.1, 0.15) is 122 Å². The molecule has 39 heavy (non-hydrogen) atoms. The second-order valence-corrected chi connectivity index (χ2v) is 14.7. The van der Waals surface area contributed by atoms with Crippen molar-refractivity contribution in [3.63, 3.8) is 0 Å². The Hall–Kier alpha value is -2.34. The van der Waals surface area contributed by atoms with Gasteiger partial charge in [0.2, 0.25) is 0 Å². The van der Waals surface area contributed by atoms with Gasteiger partial charge in [0.25, 0.3) is 0 Å². The predicted molar refractivity (Wildman–Crippen MR) is 173 cm³/mol. The molecule has 1 aromatic carbocycles. The lowest BCUT2D eigenvalue weighted by atomic mass is 9.41. The first-order valence-corrected chi connectivity index (χ1v) is 15.2. The fourth-order valence-electron chi connectivity index (χ4n) is 9.04. The van der Waals surface area contributed by atoms with Gasteiger partial charge in [-0.2, -0.15) is 0 Å². The van der Waals surface area contributed by atoms with Crippen LogP contribution in [0.5, 0.6) is 0 Å². The summed E-state index contributed by atoms with van der Waals surface area (Å²) in [6, 6.07) is 2.54. The highest BCUT2D eigenvalue weighted by Gasteiger charge is 2.59. The molecule has 0 bridgehead atoms. The van der Waals surface area contributed by atoms with Gasteiger partial charge in [0.1, 0.15) is 0 Å². The molecule has 0 aromatic heterocycles. The number of benzene rings is 1. The Kier molecular flexibility index (Phi) is 7.33. The highest BCUT2D eigenvalue weighted by Crippen LogP contribution is 2.70. The van der Waals surface area contributed by atoms with E-state index in [-0.39, 0.29) is 16.2 Å². The lowest BCUT2D eigenvalue weighted by molar-refractivity contribution is 0.0543. The van der Waals surface area contributed by atoms with E-state index in [9.17, 15) is 0 Å². The van der Waals surface area contributed by atoms with Crippen molar-refractivity contribution < 1.29 is 0 Å². The van der Waals surface area contributed by atoms with Gasteiger partial charge in [-0.05, 0) is 133 Å². The van der Waals surface area contributed by atoms with Crippen LogP contribution >= 0.6 is 0 Å². The molecule has 210 valence electrons. The third kappa shape index (κ3) is 4.24. The molecule has 1 aromatic rings. The van der Waals surface area contributed by atoms with E-state index >= 15 is 0 Å². The molecule has 0 nitrogen and oxygen atoms in total. The van der Waals surface area contributed by atoms with Crippen LogP contribution in [-0.4, -0.2) is 0 Å². The van der Waals surface area contributed by atoms with Gasteiger partial charge in [0, 0.05) is 5.41 Å². The normalized spacial score (nSPS) is 28.6. The van der Waals surface area contributed by atoms with E-state index in [4.69, 9.17) is 13.2 Å². The minimum atomic E-state index is -0.114. The monoisotopic (exact) mass is 522 g/mol. The number of fused-ring (bicyclic) bond motifs is 3. The molecule has 0 fully saturated rings. The Balaban J connectivity index is 1.95. The summed E-state index contributed by atoms with van der Waals surface area (Å²) < 4.78 is 0. The molecular weight excluding hydrogens is 468 g/mol. The van der Waals surface area contributed by atoms with Crippen LogP contribution < -0.4 is 0 Å². The topological polar surface area (TPSA) is 0 Å². The summed E-state index contributed by atoms with van der Waals surface area (Å²) >= 11 is 0. The van der Waals surface area contributed by atoms with Crippen LogP contribution in [0, 0.1) is 29.1 Å². The molecule has 0 unspecified atom stereocenters. The van der Waals surface area contributed by atoms with Crippen molar-refractivity contribution in [1.82, 2.24) is 0 Å². The number of hydrogen-bond acceptors (Lipinski definition) is 0. The van der Waals surface area contributed by atoms with Crippen LogP contribution in [0.4, 0.5) is 0 Å². The first-order chi connectivity index (χ1) is 17.9. The van der Waals surface area contributed by atoms with Crippen molar-refractivity contribution in [1.29, 1.82) is 0 Å². The molecule has 3 aliphatic carbocycles. The number of aryl methyl sites for hydroxylation is 1. The first-order valence-electron chi connectivity index (χ1n) is 15.2. The van der Waals surface area contributed by atoms with Crippen molar-refractivity contribution in [2.75, 3.05) is 0 Å². The highest BCUT2D eigenvalue weighted by molar-refractivity contribution is 5.87. The van der Waals surface area contributed by atoms with Crippen molar-refractivity contribution in [2.24, 2.45) is 22.2 Å². The summed E-state index contributed by atoms with van der Waals surface area (Å²) in [5, 5.41) is 0. The molecule has 0 N–H and O–H groups in total. The Bertz CT molecular complexity index is 1360. The Morgan fingerprint density at radius 3 is 2.13 bits per heavy atom. The minimum absolute atomic E-state index is 0.0627. The number of rotatable bonds is 6. The maximum absolute atomic E-state index is 4.91. The van der Waals surface area contributed by atoms with Gasteiger partial charge in [-0.25, -0.2) is 0 Å². The summed E-state index contributed by atoms with van der Waals surface area (Å²) in [6.45, 7) is 44.4. The van der Waals surface area contributed by atoms with E-state index < -0.39 is 0 Å². The fraction of sp³-hybridized carbons (Fsp3) is 0.538. The summed E-state index contributed by atoms with van der Waals surface area (Å²) in [6.07, 6.45) is 5.44. The predicted octanol–water partition coefficient (Wildman–Crippen LogP) is 11.4. The van der Waals surface area contributed by atoms with E-state index in [0.717, 1.165) is 37.7 Å². The van der Waals surface area contributed by atoms with Crippen molar-refractivity contribution in [3.8, 4) is 0 Å². The van der Waals surface area contributed by atoms with Crippen molar-refractivity contribution >= 4 is 5.57 Å². The number of allylic oxidation sites excluding steroid dienone is 8. The second kappa shape index (κ2) is 9.64. The quantitative estimate of drug-likeness (QED) is 0.326. The fourth-order valence-corrected chi connectivity index (χ4v) is 9.04. The molecular formula is C39H54. The minimum Gasteiger partial charge on any atom is -0.0996 e. The van der Waals surface area contributed by atoms with Gasteiger partial charge in [0.05, 0.1) is 0 Å². The smallest absolute Gasteiger partial charge is 0.0194 e. The van der Waals surface area contributed by atoms with Gasteiger partial charge >= 0.3 is 0 Å². The average molecular weight is 523 g/mol. The summed E-state index contributed by atoms with van der Waals surface area (Å²) in [5.41, 5.74) is 18.2. The Morgan fingerprint density at radius 2 is 1.59 bits per heavy atom. The van der Waals surface area contributed by atoms with E-state index in [0.29, 0.717) is 11.8 Å². The molecule has 0 spiro atoms. The Morgan fingerprint density at radius 1 is 0.974 bits per heavy atom. The number of hydrogen-bond donors (Lipinski definition) is 0. The molecule has 3 atom stereocenters. The molecule has 0 heteroatoms. The summed E-state index contributed by atoms with van der Waals surface area (Å²) in [4.78, 5) is 0. The molecule has 0 radical (unpaired) electrons. The van der Waals surface area contributed by atoms with Crippen molar-refractivity contribution in [2.45, 2.75) is 114 Å². The zero-order valence-corrected chi connectivity index (χ0v) is 27.1. The molecule has 0 aliphatic heterocycles. The lowest BCUT2D eigenvalue weighted by Gasteiger charge is -2.62. The van der Waals surface area contributed by atoms with E-state index in [1.807, 2.05) is 0 Å². The molecule has 0 saturated carbocycles. The SMILES string of the molecule is C=C(C)C1=C(C)C[C@@]2(C)C[C@@]3(C)Cc4c(C(C)C)cc(CCC(=C)C(C)C)c(C)c4C(=C)C3=C(C)[C@@]2(C)C1=C. The maximum atomic E-state index is 4.91. The van der Waals surface area contributed by atoms with E-state index in [1.165, 1.54) is 61.3 Å². The summed E-state index contributed by atoms with van der Waals surface area (Å²) in [7, 11) is 0. The largest absolute Gasteiger partial charge is 0.0996 e. The van der Waals surface area contributed by atoms with Crippen LogP contribution in [0.15, 0.2) is 71.4 Å². The zero-order chi connectivity index (χ0) is 29.4. The molecule has 3 aliphatic rings. The van der Waals surface area contributed by atoms with Gasteiger partial charge in [0.15, 0.2) is 0 Å². The lowest BCUT2D eigenvalue weighted by Crippen LogP contribution is -2.52. The zero-order valence-electron chi connectivity index (χ0n) is 27.1. The molecule has 0 saturated heterocycles. The van der Waals surface area contributed by atoms with Crippen LogP contribution in [0.3, 0.4) is 0 Å². The van der Waals surface area contributed by atoms with Crippen molar-refractivity contribution in [3.05, 3.63) is 99.2 Å². The highest BCUT2D eigenvalue weighted by atomic mass is 14.6. The van der Waals surface area contributed by atoms with Crippen LogP contribution in [-0.2, 0) is 12.8 Å². The van der Waals surface area contributed by atoms with Gasteiger partial charge in [-0.15, -0.1) is 0 Å². The van der Waals surface area contributed by atoms with E-state index in [1.54, 1.807) is 5.56 Å².